The van der Waals surface area contributed by atoms with E-state index in [2.05, 4.69) is 0 Å². The van der Waals surface area contributed by atoms with Crippen LogP contribution in [0, 0.1) is 0 Å². The van der Waals surface area contributed by atoms with E-state index in [1.54, 1.807) is 107 Å². The first kappa shape index (κ1) is 65.5. The van der Waals surface area contributed by atoms with Crippen molar-refractivity contribution in [1.82, 2.24) is 9.58 Å². The van der Waals surface area contributed by atoms with Gasteiger partial charge in [0.25, 0.3) is 5.91 Å². The van der Waals surface area contributed by atoms with Crippen molar-refractivity contribution in [2.75, 3.05) is 11.7 Å². The smallest absolute Gasteiger partial charge is 0.336 e. The lowest BCUT2D eigenvalue weighted by atomic mass is 9.94. The maximum atomic E-state index is 13.2. The number of aliphatic hydroxyl groups is 1. The molecule has 4 aliphatic heterocycles. The molecular weight excluding hydrogens is 1280 g/mol. The van der Waals surface area contributed by atoms with Gasteiger partial charge in [-0.05, 0) is 90.7 Å². The molecule has 468 valence electrons. The molecular formula is C72H58Cl5N3O12. The van der Waals surface area contributed by atoms with Gasteiger partial charge in [-0.3, -0.25) is 24.1 Å². The van der Waals surface area contributed by atoms with Crippen molar-refractivity contribution in [3.8, 4) is 34.5 Å². The molecule has 0 fully saturated rings. The number of halogens is 5. The van der Waals surface area contributed by atoms with Crippen molar-refractivity contribution < 1.29 is 53.8 Å². The van der Waals surface area contributed by atoms with E-state index in [4.69, 9.17) is 87.2 Å². The zero-order valence-corrected chi connectivity index (χ0v) is 53.0. The van der Waals surface area contributed by atoms with E-state index in [1.165, 1.54) is 12.3 Å². The number of phenolic OH excluding ortho intramolecular Hbond substituents is 1. The lowest BCUT2D eigenvalue weighted by molar-refractivity contribution is 0.0620. The number of pyridine rings is 1. The van der Waals surface area contributed by atoms with Crippen LogP contribution in [0.5, 0.6) is 34.5 Å². The number of aliphatic hydroxyl groups excluding tert-OH is 1. The second kappa shape index (κ2) is 29.7. The lowest BCUT2D eigenvalue weighted by Crippen LogP contribution is -2.57. The molecule has 0 saturated heterocycles. The highest BCUT2D eigenvalue weighted by molar-refractivity contribution is 6.34. The molecule has 0 radical (unpaired) electrons. The number of rotatable bonds is 6. The Hall–Kier alpha value is -9.45. The number of carbonyl (C=O) groups excluding carboxylic acids is 2. The Balaban J connectivity index is 0.000000134. The lowest BCUT2D eigenvalue weighted by Gasteiger charge is -2.45. The van der Waals surface area contributed by atoms with Crippen LogP contribution in [0.25, 0.3) is 0 Å². The third-order valence-corrected chi connectivity index (χ3v) is 16.7. The van der Waals surface area contributed by atoms with Gasteiger partial charge in [0.05, 0.1) is 36.2 Å². The Labute approximate surface area is 554 Å². The molecule has 1 amide bonds. The van der Waals surface area contributed by atoms with Crippen LogP contribution in [0.3, 0.4) is 0 Å². The number of carbonyl (C=O) groups is 3. The summed E-state index contributed by atoms with van der Waals surface area (Å²) in [7, 11) is 0. The fourth-order valence-corrected chi connectivity index (χ4v) is 11.6. The quantitative estimate of drug-likeness (QED) is 0.123. The van der Waals surface area contributed by atoms with Gasteiger partial charge < -0.3 is 44.3 Å². The molecule has 2 unspecified atom stereocenters. The Morgan fingerprint density at radius 1 is 0.543 bits per heavy atom. The first-order chi connectivity index (χ1) is 44.4. The van der Waals surface area contributed by atoms with Crippen LogP contribution < -0.4 is 29.4 Å². The number of aromatic nitrogens is 1. The largest absolute Gasteiger partial charge is 0.506 e. The van der Waals surface area contributed by atoms with E-state index in [0.717, 1.165) is 38.9 Å². The molecule has 2 atom stereocenters. The molecule has 9 aromatic carbocycles. The number of carboxylic acid groups (broad SMARTS) is 1. The van der Waals surface area contributed by atoms with Crippen molar-refractivity contribution in [1.29, 1.82) is 0 Å². The summed E-state index contributed by atoms with van der Waals surface area (Å²) in [6, 6.07) is 60.6. The van der Waals surface area contributed by atoms with Crippen LogP contribution in [0.1, 0.15) is 107 Å². The highest BCUT2D eigenvalue weighted by Gasteiger charge is 2.40. The van der Waals surface area contributed by atoms with E-state index in [-0.39, 0.29) is 48.1 Å². The van der Waals surface area contributed by atoms with E-state index in [9.17, 15) is 29.4 Å². The number of carboxylic acids is 1. The number of nitrogens with zero attached hydrogens (tertiary/aromatic N) is 3. The SMILES string of the molecule is CC(C)N1CN(C2c3ccccc3COc3c(Cl)cccc32)n2ccc(=O)c(O)c2C1=O.O=C(O)c1ccccc1COc1ccccc1Cl.O=C1c2ccccc2COc2c(Cl)cccc21.OC1c2ccccc2COc2c(Cl)cccc21.Oc1ccccc1Cl. The van der Waals surface area contributed by atoms with Gasteiger partial charge in [-0.1, -0.05) is 204 Å². The van der Waals surface area contributed by atoms with Gasteiger partial charge in [-0.15, -0.1) is 0 Å². The summed E-state index contributed by atoms with van der Waals surface area (Å²) in [6.45, 7) is 5.38. The maximum Gasteiger partial charge on any atom is 0.336 e. The molecule has 4 N–H and O–H groups in total. The van der Waals surface area contributed by atoms with Gasteiger partial charge in [-0.2, -0.15) is 0 Å². The summed E-state index contributed by atoms with van der Waals surface area (Å²) in [5, 5.41) is 43.1. The van der Waals surface area contributed by atoms with Crippen molar-refractivity contribution in [2.24, 2.45) is 0 Å². The Morgan fingerprint density at radius 2 is 1.04 bits per heavy atom. The predicted molar refractivity (Wildman–Crippen MR) is 355 cm³/mol. The summed E-state index contributed by atoms with van der Waals surface area (Å²) in [5.74, 6) is 0.370. The van der Waals surface area contributed by atoms with Gasteiger partial charge >= 0.3 is 5.97 Å². The Morgan fingerprint density at radius 3 is 1.70 bits per heavy atom. The number of para-hydroxylation sites is 5. The fourth-order valence-electron chi connectivity index (χ4n) is 10.6. The molecule has 14 rings (SSSR count). The summed E-state index contributed by atoms with van der Waals surface area (Å²) < 4.78 is 24.5. The predicted octanol–water partition coefficient (Wildman–Crippen LogP) is 16.1. The summed E-state index contributed by atoms with van der Waals surface area (Å²) in [6.07, 6.45) is 0.855. The number of fused-ring (bicyclic) bond motifs is 7. The van der Waals surface area contributed by atoms with Crippen LogP contribution in [0.2, 0.25) is 25.1 Å². The number of amides is 1. The fraction of sp³-hybridized carbons (Fsp3) is 0.139. The van der Waals surface area contributed by atoms with Crippen molar-refractivity contribution in [3.05, 3.63) is 315 Å². The topological polar surface area (TPSA) is 198 Å². The molecule has 0 bridgehead atoms. The van der Waals surface area contributed by atoms with E-state index in [1.807, 2.05) is 122 Å². The minimum Gasteiger partial charge on any atom is -0.506 e. The van der Waals surface area contributed by atoms with E-state index in [0.29, 0.717) is 84.6 Å². The third-order valence-electron chi connectivity index (χ3n) is 15.2. The normalized spacial score (nSPS) is 14.5. The molecule has 5 heterocycles. The number of hydrogen-bond acceptors (Lipinski definition) is 12. The molecule has 0 spiro atoms. The zero-order chi connectivity index (χ0) is 65.2. The first-order valence-corrected chi connectivity index (χ1v) is 30.6. The number of phenols is 1. The second-order valence-electron chi connectivity index (χ2n) is 21.3. The van der Waals surface area contributed by atoms with Gasteiger partial charge in [0.2, 0.25) is 5.43 Å². The molecule has 4 aliphatic rings. The molecule has 0 saturated carbocycles. The standard InChI is InChI=1S/C24H22ClN3O4.C14H11ClO3.C14H11ClO2.C14H9ClO2.C6H5ClO/c1-14(2)26-13-28(27-11-10-19(29)22(30)21(27)24(26)31)20-16-7-4-3-6-15(16)12-32-23-17(20)8-5-9-18(23)25;15-12-7-3-4-8-13(12)18-9-10-5-1-2-6-11(10)14(16)17;2*15-12-7-3-6-11-13(16)10-5-2-1-4-9(10)8-17-14(11)12;7-5-3-1-2-4-6(5)8/h3-11,14,20,30H,12-13H2,1-2H3;1-8H,9H2,(H,16,17);1-7,13,16H,8H2;1-7H,8H2;1-4,8H. The number of aromatic carboxylic acids is 1. The van der Waals surface area contributed by atoms with Gasteiger partial charge in [-0.25, -0.2) is 4.79 Å². The van der Waals surface area contributed by atoms with Crippen molar-refractivity contribution >= 4 is 75.7 Å². The average Bonchev–Trinajstić information content (AvgIpc) is 1.08. The number of hydrogen-bond donors (Lipinski definition) is 4. The molecule has 1 aromatic heterocycles. The highest BCUT2D eigenvalue weighted by atomic mass is 35.5. The molecule has 15 nitrogen and oxygen atoms in total. The summed E-state index contributed by atoms with van der Waals surface area (Å²) >= 11 is 30.1. The van der Waals surface area contributed by atoms with Crippen LogP contribution in [-0.4, -0.2) is 60.4 Å². The van der Waals surface area contributed by atoms with Crippen molar-refractivity contribution in [2.45, 2.75) is 58.5 Å². The van der Waals surface area contributed by atoms with E-state index >= 15 is 0 Å². The maximum absolute atomic E-state index is 13.2. The van der Waals surface area contributed by atoms with E-state index < -0.39 is 29.2 Å². The molecule has 10 aromatic rings. The Bertz CT molecular complexity index is 4410. The minimum absolute atomic E-state index is 0.0319. The van der Waals surface area contributed by atoms with Crippen LogP contribution in [0.15, 0.2) is 217 Å². The van der Waals surface area contributed by atoms with Crippen LogP contribution in [-0.2, 0) is 26.4 Å². The molecule has 20 heteroatoms. The van der Waals surface area contributed by atoms with Crippen LogP contribution in [0.4, 0.5) is 0 Å². The van der Waals surface area contributed by atoms with Crippen LogP contribution >= 0.6 is 58.0 Å². The van der Waals surface area contributed by atoms with Gasteiger partial charge in [0.1, 0.15) is 74.0 Å². The highest BCUT2D eigenvalue weighted by Crippen LogP contribution is 2.44. The summed E-state index contributed by atoms with van der Waals surface area (Å²) in [5.41, 5.74) is 7.75. The van der Waals surface area contributed by atoms with Gasteiger partial charge in [0.15, 0.2) is 17.2 Å². The first-order valence-electron chi connectivity index (χ1n) is 28.8. The number of ketones is 1. The van der Waals surface area contributed by atoms with Crippen molar-refractivity contribution in [3.63, 3.8) is 0 Å². The number of ether oxygens (including phenoxy) is 4. The summed E-state index contributed by atoms with van der Waals surface area (Å²) in [4.78, 5) is 50.4. The Kier molecular flexibility index (Phi) is 21.1. The molecule has 92 heavy (non-hydrogen) atoms. The zero-order valence-electron chi connectivity index (χ0n) is 49.3. The molecule has 0 aliphatic carbocycles. The number of benzene rings is 9. The average molecular weight is 1330 g/mol. The van der Waals surface area contributed by atoms with Gasteiger partial charge in [0, 0.05) is 46.1 Å². The monoisotopic (exact) mass is 1330 g/mol. The minimum atomic E-state index is -0.964. The number of aromatic hydroxyl groups is 2. The second-order valence-corrected chi connectivity index (χ2v) is 23.3. The third kappa shape index (κ3) is 14.5.